The first kappa shape index (κ1) is 21.0. The summed E-state index contributed by atoms with van der Waals surface area (Å²) < 4.78 is 20.9. The summed E-state index contributed by atoms with van der Waals surface area (Å²) in [5.74, 6) is 1.82. The molecule has 174 valence electrons. The number of methoxy groups -OCH3 is 1. The highest BCUT2D eigenvalue weighted by atomic mass is 19.1. The minimum absolute atomic E-state index is 0.240. The molecule has 34 heavy (non-hydrogen) atoms. The van der Waals surface area contributed by atoms with Crippen LogP contribution in [-0.2, 0) is 12.8 Å². The molecular weight excluding hydrogens is 429 g/mol. The van der Waals surface area contributed by atoms with Gasteiger partial charge in [0, 0.05) is 60.8 Å². The number of fused-ring (bicyclic) bond motifs is 2. The molecule has 7 heteroatoms. The van der Waals surface area contributed by atoms with E-state index in [-0.39, 0.29) is 5.82 Å². The van der Waals surface area contributed by atoms with Gasteiger partial charge < -0.3 is 14.5 Å². The number of piperazine rings is 1. The number of anilines is 2. The average molecular weight is 458 g/mol. The van der Waals surface area contributed by atoms with Crippen molar-refractivity contribution in [1.82, 2.24) is 14.6 Å². The predicted molar refractivity (Wildman–Crippen MR) is 132 cm³/mol. The number of aromatic nitrogens is 3. The molecule has 0 N–H and O–H groups in total. The number of nitrogens with zero attached hydrogens (tertiary/aromatic N) is 5. The highest BCUT2D eigenvalue weighted by Gasteiger charge is 2.27. The summed E-state index contributed by atoms with van der Waals surface area (Å²) in [6, 6.07) is 16.8. The van der Waals surface area contributed by atoms with E-state index in [4.69, 9.17) is 14.8 Å². The van der Waals surface area contributed by atoms with Crippen molar-refractivity contribution in [2.45, 2.75) is 25.7 Å². The third-order valence-electron chi connectivity index (χ3n) is 6.99. The maximum Gasteiger partial charge on any atom is 0.158 e. The number of aryl methyl sites for hydroxylation is 1. The topological polar surface area (TPSA) is 45.9 Å². The van der Waals surface area contributed by atoms with E-state index in [1.165, 1.54) is 47.7 Å². The van der Waals surface area contributed by atoms with Crippen LogP contribution in [0.25, 0.3) is 16.9 Å². The summed E-state index contributed by atoms with van der Waals surface area (Å²) in [4.78, 5) is 9.87. The van der Waals surface area contributed by atoms with Crippen LogP contribution >= 0.6 is 0 Å². The van der Waals surface area contributed by atoms with Crippen LogP contribution in [0.3, 0.4) is 0 Å². The van der Waals surface area contributed by atoms with E-state index < -0.39 is 0 Å². The highest BCUT2D eigenvalue weighted by Crippen LogP contribution is 2.33. The second-order valence-electron chi connectivity index (χ2n) is 9.05. The van der Waals surface area contributed by atoms with Crippen molar-refractivity contribution in [3.63, 3.8) is 0 Å². The fourth-order valence-electron chi connectivity index (χ4n) is 5.20. The summed E-state index contributed by atoms with van der Waals surface area (Å²) in [5.41, 5.74) is 6.32. The Kier molecular flexibility index (Phi) is 5.32. The number of halogens is 1. The van der Waals surface area contributed by atoms with Gasteiger partial charge in [-0.1, -0.05) is 6.07 Å². The molecule has 2 aliphatic rings. The van der Waals surface area contributed by atoms with Gasteiger partial charge in [0.2, 0.25) is 0 Å². The molecular formula is C27H28FN5O. The Morgan fingerprint density at radius 1 is 0.882 bits per heavy atom. The molecule has 0 radical (unpaired) electrons. The van der Waals surface area contributed by atoms with Gasteiger partial charge in [-0.15, -0.1) is 0 Å². The lowest BCUT2D eigenvalue weighted by Gasteiger charge is -2.38. The van der Waals surface area contributed by atoms with E-state index in [1.807, 2.05) is 22.7 Å². The van der Waals surface area contributed by atoms with E-state index in [2.05, 4.69) is 21.9 Å². The van der Waals surface area contributed by atoms with Gasteiger partial charge in [0.05, 0.1) is 12.8 Å². The number of rotatable bonds is 4. The molecule has 2 aromatic carbocycles. The van der Waals surface area contributed by atoms with E-state index >= 15 is 0 Å². The molecule has 1 saturated heterocycles. The second-order valence-corrected chi connectivity index (χ2v) is 9.05. The normalized spacial score (nSPS) is 16.1. The molecule has 0 saturated carbocycles. The fraction of sp³-hybridized carbons (Fsp3) is 0.333. The molecule has 1 aliphatic carbocycles. The van der Waals surface area contributed by atoms with Gasteiger partial charge in [-0.2, -0.15) is 9.61 Å². The highest BCUT2D eigenvalue weighted by molar-refractivity contribution is 5.68. The Morgan fingerprint density at radius 3 is 2.44 bits per heavy atom. The summed E-state index contributed by atoms with van der Waals surface area (Å²) in [7, 11) is 1.71. The smallest absolute Gasteiger partial charge is 0.158 e. The summed E-state index contributed by atoms with van der Waals surface area (Å²) in [6.07, 6.45) is 4.41. The van der Waals surface area contributed by atoms with Crippen molar-refractivity contribution in [1.29, 1.82) is 0 Å². The van der Waals surface area contributed by atoms with Crippen LogP contribution in [0.2, 0.25) is 0 Å². The standard InChI is InChI=1S/C27H28FN5O/c1-34-22-6-4-5-21(17-22)31-13-15-32(16-14-31)27-23-7-2-3-8-24(23)29-26-18-25(30-33(26)27)19-9-11-20(28)12-10-19/h4-6,9-12,17-18H,2-3,7-8,13-16H2,1H3. The van der Waals surface area contributed by atoms with Crippen molar-refractivity contribution in [3.8, 4) is 17.0 Å². The van der Waals surface area contributed by atoms with Gasteiger partial charge in [0.25, 0.3) is 0 Å². The van der Waals surface area contributed by atoms with Gasteiger partial charge in [-0.05, 0) is 62.1 Å². The Balaban J connectivity index is 1.35. The van der Waals surface area contributed by atoms with Crippen LogP contribution in [0.4, 0.5) is 15.9 Å². The van der Waals surface area contributed by atoms with Crippen LogP contribution in [0, 0.1) is 5.82 Å². The van der Waals surface area contributed by atoms with Crippen molar-refractivity contribution in [2.24, 2.45) is 0 Å². The first-order chi connectivity index (χ1) is 16.7. The minimum atomic E-state index is -0.240. The zero-order chi connectivity index (χ0) is 23.1. The van der Waals surface area contributed by atoms with Gasteiger partial charge in [-0.3, -0.25) is 0 Å². The molecule has 6 rings (SSSR count). The number of hydrogen-bond donors (Lipinski definition) is 0. The van der Waals surface area contributed by atoms with E-state index in [0.717, 1.165) is 61.7 Å². The molecule has 6 nitrogen and oxygen atoms in total. The Morgan fingerprint density at radius 2 is 1.65 bits per heavy atom. The zero-order valence-corrected chi connectivity index (χ0v) is 19.4. The lowest BCUT2D eigenvalue weighted by Crippen LogP contribution is -2.47. The quantitative estimate of drug-likeness (QED) is 0.443. The van der Waals surface area contributed by atoms with Gasteiger partial charge in [0.15, 0.2) is 5.65 Å². The minimum Gasteiger partial charge on any atom is -0.497 e. The van der Waals surface area contributed by atoms with Gasteiger partial charge in [0.1, 0.15) is 17.4 Å². The van der Waals surface area contributed by atoms with Crippen molar-refractivity contribution >= 4 is 17.2 Å². The number of ether oxygens (including phenoxy) is 1. The summed E-state index contributed by atoms with van der Waals surface area (Å²) in [6.45, 7) is 3.68. The monoisotopic (exact) mass is 457 g/mol. The lowest BCUT2D eigenvalue weighted by molar-refractivity contribution is 0.414. The molecule has 0 atom stereocenters. The van der Waals surface area contributed by atoms with E-state index in [9.17, 15) is 4.39 Å². The first-order valence-electron chi connectivity index (χ1n) is 12.0. The molecule has 2 aromatic heterocycles. The summed E-state index contributed by atoms with van der Waals surface area (Å²) >= 11 is 0. The number of benzene rings is 2. The molecule has 0 amide bonds. The van der Waals surface area contributed by atoms with Crippen LogP contribution in [0.5, 0.6) is 5.75 Å². The van der Waals surface area contributed by atoms with Crippen molar-refractivity contribution in [3.05, 3.63) is 71.7 Å². The predicted octanol–water partition coefficient (Wildman–Crippen LogP) is 4.75. The Hall–Kier alpha value is -3.61. The molecule has 1 aliphatic heterocycles. The third kappa shape index (κ3) is 3.75. The SMILES string of the molecule is COc1cccc(N2CCN(c3c4c(nc5cc(-c6ccc(F)cc6)nn35)CCCC4)CC2)c1. The molecule has 0 bridgehead atoms. The zero-order valence-electron chi connectivity index (χ0n) is 19.4. The Bertz CT molecular complexity index is 1330. The second kappa shape index (κ2) is 8.63. The van der Waals surface area contributed by atoms with Crippen LogP contribution in [-0.4, -0.2) is 47.9 Å². The molecule has 0 unspecified atom stereocenters. The number of hydrogen-bond acceptors (Lipinski definition) is 5. The van der Waals surface area contributed by atoms with Crippen molar-refractivity contribution in [2.75, 3.05) is 43.1 Å². The first-order valence-corrected chi connectivity index (χ1v) is 12.0. The lowest BCUT2D eigenvalue weighted by atomic mass is 9.96. The van der Waals surface area contributed by atoms with Crippen LogP contribution in [0.15, 0.2) is 54.6 Å². The third-order valence-corrected chi connectivity index (χ3v) is 6.99. The Labute approximate surface area is 198 Å². The fourth-order valence-corrected chi connectivity index (χ4v) is 5.20. The van der Waals surface area contributed by atoms with E-state index in [1.54, 1.807) is 19.2 Å². The molecule has 4 aromatic rings. The largest absolute Gasteiger partial charge is 0.497 e. The average Bonchev–Trinajstić information content (AvgIpc) is 3.31. The van der Waals surface area contributed by atoms with Gasteiger partial charge >= 0.3 is 0 Å². The summed E-state index contributed by atoms with van der Waals surface area (Å²) in [5, 5.41) is 4.96. The molecule has 3 heterocycles. The maximum atomic E-state index is 13.5. The molecule has 1 fully saturated rings. The van der Waals surface area contributed by atoms with Crippen molar-refractivity contribution < 1.29 is 9.13 Å². The van der Waals surface area contributed by atoms with E-state index in [0.29, 0.717) is 0 Å². The van der Waals surface area contributed by atoms with Gasteiger partial charge in [-0.25, -0.2) is 9.37 Å². The van der Waals surface area contributed by atoms with Crippen LogP contribution in [0.1, 0.15) is 24.1 Å². The maximum absolute atomic E-state index is 13.5. The van der Waals surface area contributed by atoms with Crippen LogP contribution < -0.4 is 14.5 Å². The molecule has 0 spiro atoms.